The number of halogens is 1. The van der Waals surface area contributed by atoms with Crippen LogP contribution in [0.1, 0.15) is 60.8 Å². The summed E-state index contributed by atoms with van der Waals surface area (Å²) in [6.45, 7) is 4.23. The molecule has 33 heavy (non-hydrogen) atoms. The third kappa shape index (κ3) is 5.41. The van der Waals surface area contributed by atoms with Gasteiger partial charge in [-0.05, 0) is 67.8 Å². The second-order valence-corrected chi connectivity index (χ2v) is 9.62. The summed E-state index contributed by atoms with van der Waals surface area (Å²) in [5.74, 6) is 1.41. The number of rotatable bonds is 5. The highest BCUT2D eigenvalue weighted by molar-refractivity contribution is 5.78. The summed E-state index contributed by atoms with van der Waals surface area (Å²) in [6, 6.07) is 6.92. The van der Waals surface area contributed by atoms with E-state index in [9.17, 15) is 9.18 Å². The molecule has 0 aliphatic carbocycles. The molecule has 0 radical (unpaired) electrons. The Morgan fingerprint density at radius 1 is 1.09 bits per heavy atom. The molecule has 7 heteroatoms. The van der Waals surface area contributed by atoms with Crippen molar-refractivity contribution < 1.29 is 13.9 Å². The zero-order valence-corrected chi connectivity index (χ0v) is 19.2. The van der Waals surface area contributed by atoms with Crippen molar-refractivity contribution in [1.29, 1.82) is 0 Å². The van der Waals surface area contributed by atoms with Crippen molar-refractivity contribution in [2.24, 2.45) is 5.92 Å². The number of piperidine rings is 1. The van der Waals surface area contributed by atoms with Crippen molar-refractivity contribution in [3.05, 3.63) is 58.9 Å². The zero-order chi connectivity index (χ0) is 22.6. The molecule has 0 unspecified atom stereocenters. The Balaban J connectivity index is 1.23. The van der Waals surface area contributed by atoms with E-state index in [2.05, 4.69) is 9.88 Å². The largest absolute Gasteiger partial charge is 0.381 e. The Morgan fingerprint density at radius 2 is 1.91 bits per heavy atom. The van der Waals surface area contributed by atoms with E-state index in [-0.39, 0.29) is 17.8 Å². The summed E-state index contributed by atoms with van der Waals surface area (Å²) >= 11 is 0. The van der Waals surface area contributed by atoms with E-state index in [1.165, 1.54) is 12.1 Å². The Bertz CT molecular complexity index is 961. The molecule has 2 saturated heterocycles. The fraction of sp³-hybridized carbons (Fsp3) is 0.577. The maximum atomic E-state index is 13.4. The minimum absolute atomic E-state index is 0.152. The Labute approximate surface area is 195 Å². The first-order valence-electron chi connectivity index (χ1n) is 12.3. The molecule has 0 bridgehead atoms. The summed E-state index contributed by atoms with van der Waals surface area (Å²) in [6.07, 6.45) is 9.02. The summed E-state index contributed by atoms with van der Waals surface area (Å²) in [7, 11) is 0. The van der Waals surface area contributed by atoms with Crippen LogP contribution in [0.25, 0.3) is 0 Å². The number of carbonyl (C=O) groups is 1. The smallest absolute Gasteiger partial charge is 0.237 e. The topological polar surface area (TPSA) is 58.6 Å². The molecule has 0 saturated carbocycles. The maximum absolute atomic E-state index is 13.4. The minimum Gasteiger partial charge on any atom is -0.381 e. The molecule has 1 aromatic carbocycles. The van der Waals surface area contributed by atoms with Crippen LogP contribution >= 0.6 is 0 Å². The molecule has 0 spiro atoms. The second kappa shape index (κ2) is 10.3. The molecule has 1 atom stereocenters. The van der Waals surface area contributed by atoms with Gasteiger partial charge in [0.05, 0.1) is 18.8 Å². The van der Waals surface area contributed by atoms with E-state index >= 15 is 0 Å². The number of ether oxygens (including phenoxy) is 1. The SMILES string of the molecule is O=C(CN1CCCC[C@H]1c1ccc(F)cc1)N1CCc2cnc(CC3CCOCC3)nc2C1. The Kier molecular flexibility index (Phi) is 6.97. The second-order valence-electron chi connectivity index (χ2n) is 9.62. The lowest BCUT2D eigenvalue weighted by Crippen LogP contribution is -2.45. The standard InChI is InChI=1S/C26H33FN4O2/c27-22-6-4-20(5-7-22)24-3-1-2-11-30(24)18-26(32)31-12-8-21-16-28-25(29-23(21)17-31)15-19-9-13-33-14-10-19/h4-7,16,19,24H,1-3,8-15,17-18H2/t24-/m0/s1. The third-order valence-corrected chi connectivity index (χ3v) is 7.37. The van der Waals surface area contributed by atoms with Crippen molar-refractivity contribution in [2.45, 2.75) is 57.5 Å². The van der Waals surface area contributed by atoms with Gasteiger partial charge in [0.15, 0.2) is 0 Å². The number of nitrogens with zero attached hydrogens (tertiary/aromatic N) is 4. The van der Waals surface area contributed by atoms with Crippen LogP contribution in [0.4, 0.5) is 4.39 Å². The number of hydrogen-bond donors (Lipinski definition) is 0. The molecule has 3 aliphatic heterocycles. The van der Waals surface area contributed by atoms with Gasteiger partial charge < -0.3 is 9.64 Å². The molecule has 2 fully saturated rings. The number of amides is 1. The number of fused-ring (bicyclic) bond motifs is 1. The highest BCUT2D eigenvalue weighted by atomic mass is 19.1. The van der Waals surface area contributed by atoms with Gasteiger partial charge >= 0.3 is 0 Å². The first-order chi connectivity index (χ1) is 16.2. The molecule has 3 aliphatic rings. The number of likely N-dealkylation sites (tertiary alicyclic amines) is 1. The lowest BCUT2D eigenvalue weighted by molar-refractivity contribution is -0.134. The fourth-order valence-corrected chi connectivity index (χ4v) is 5.38. The van der Waals surface area contributed by atoms with Crippen LogP contribution in [-0.4, -0.2) is 58.5 Å². The van der Waals surface area contributed by atoms with Crippen LogP contribution in [0.3, 0.4) is 0 Å². The van der Waals surface area contributed by atoms with Crippen LogP contribution in [0.15, 0.2) is 30.5 Å². The minimum atomic E-state index is -0.220. The van der Waals surface area contributed by atoms with Crippen molar-refractivity contribution in [3.63, 3.8) is 0 Å². The van der Waals surface area contributed by atoms with Crippen molar-refractivity contribution in [3.8, 4) is 0 Å². The molecular formula is C26H33FN4O2. The Hall–Kier alpha value is -2.38. The first-order valence-corrected chi connectivity index (χ1v) is 12.3. The summed E-state index contributed by atoms with van der Waals surface area (Å²) < 4.78 is 18.9. The predicted octanol–water partition coefficient (Wildman–Crippen LogP) is 3.70. The van der Waals surface area contributed by atoms with Crippen molar-refractivity contribution in [1.82, 2.24) is 19.8 Å². The van der Waals surface area contributed by atoms with E-state index in [1.807, 2.05) is 23.2 Å². The van der Waals surface area contributed by atoms with Crippen molar-refractivity contribution in [2.75, 3.05) is 32.8 Å². The predicted molar refractivity (Wildman–Crippen MR) is 123 cm³/mol. The van der Waals surface area contributed by atoms with Crippen LogP contribution in [0.2, 0.25) is 0 Å². The maximum Gasteiger partial charge on any atom is 0.237 e. The van der Waals surface area contributed by atoms with E-state index < -0.39 is 0 Å². The van der Waals surface area contributed by atoms with Crippen LogP contribution in [0, 0.1) is 11.7 Å². The number of aromatic nitrogens is 2. The van der Waals surface area contributed by atoms with Gasteiger partial charge in [0, 0.05) is 38.4 Å². The van der Waals surface area contributed by atoms with Crippen molar-refractivity contribution >= 4 is 5.91 Å². The third-order valence-electron chi connectivity index (χ3n) is 7.37. The van der Waals surface area contributed by atoms with Gasteiger partial charge in [-0.15, -0.1) is 0 Å². The van der Waals surface area contributed by atoms with Crippen LogP contribution in [-0.2, 0) is 28.9 Å². The van der Waals surface area contributed by atoms with E-state index in [1.54, 1.807) is 0 Å². The quantitative estimate of drug-likeness (QED) is 0.693. The molecule has 5 rings (SSSR count). The highest BCUT2D eigenvalue weighted by Crippen LogP contribution is 2.31. The summed E-state index contributed by atoms with van der Waals surface area (Å²) in [5.41, 5.74) is 3.26. The first kappa shape index (κ1) is 22.4. The average Bonchev–Trinajstić information content (AvgIpc) is 2.85. The van der Waals surface area contributed by atoms with Gasteiger partial charge in [-0.1, -0.05) is 18.6 Å². The van der Waals surface area contributed by atoms with E-state index in [4.69, 9.17) is 9.72 Å². The monoisotopic (exact) mass is 452 g/mol. The fourth-order valence-electron chi connectivity index (χ4n) is 5.38. The normalized spacial score (nSPS) is 22.2. The van der Waals surface area contributed by atoms with Gasteiger partial charge in [-0.2, -0.15) is 0 Å². The average molecular weight is 453 g/mol. The molecule has 1 aromatic heterocycles. The van der Waals surface area contributed by atoms with Gasteiger partial charge in [0.25, 0.3) is 0 Å². The zero-order valence-electron chi connectivity index (χ0n) is 19.2. The molecule has 176 valence electrons. The summed E-state index contributed by atoms with van der Waals surface area (Å²) in [4.78, 5) is 27.0. The van der Waals surface area contributed by atoms with Gasteiger partial charge in [0.2, 0.25) is 5.91 Å². The van der Waals surface area contributed by atoms with Crippen LogP contribution in [0.5, 0.6) is 0 Å². The Morgan fingerprint density at radius 3 is 2.73 bits per heavy atom. The number of carbonyl (C=O) groups excluding carboxylic acids is 1. The molecule has 2 aromatic rings. The highest BCUT2D eigenvalue weighted by Gasteiger charge is 2.29. The van der Waals surface area contributed by atoms with Crippen LogP contribution < -0.4 is 0 Å². The molecule has 0 N–H and O–H groups in total. The van der Waals surface area contributed by atoms with Gasteiger partial charge in [-0.25, -0.2) is 14.4 Å². The lowest BCUT2D eigenvalue weighted by atomic mass is 9.95. The lowest BCUT2D eigenvalue weighted by Gasteiger charge is -2.37. The van der Waals surface area contributed by atoms with Gasteiger partial charge in [0.1, 0.15) is 11.6 Å². The molecule has 1 amide bonds. The molecule has 4 heterocycles. The van der Waals surface area contributed by atoms with Gasteiger partial charge in [-0.3, -0.25) is 9.69 Å². The summed E-state index contributed by atoms with van der Waals surface area (Å²) in [5, 5.41) is 0. The molecular weight excluding hydrogens is 419 g/mol. The number of hydrogen-bond acceptors (Lipinski definition) is 5. The van der Waals surface area contributed by atoms with E-state index in [0.29, 0.717) is 25.6 Å². The van der Waals surface area contributed by atoms with E-state index in [0.717, 1.165) is 87.3 Å². The number of benzene rings is 1. The molecule has 6 nitrogen and oxygen atoms in total.